The molecule has 0 bridgehead atoms. The molecule has 1 saturated carbocycles. The summed E-state index contributed by atoms with van der Waals surface area (Å²) in [6.07, 6.45) is 7.86. The van der Waals surface area contributed by atoms with E-state index in [2.05, 4.69) is 25.3 Å². The quantitative estimate of drug-likeness (QED) is 0.586. The summed E-state index contributed by atoms with van der Waals surface area (Å²) in [6.45, 7) is 1.81. The molecule has 1 aliphatic rings. The molecular weight excluding hydrogens is 410 g/mol. The fourth-order valence-corrected chi connectivity index (χ4v) is 5.40. The van der Waals surface area contributed by atoms with Gasteiger partial charge in [0.1, 0.15) is 27.5 Å². The molecular formula is C20H20ClN5O2S. The van der Waals surface area contributed by atoms with Crippen molar-refractivity contribution in [3.05, 3.63) is 53.8 Å². The summed E-state index contributed by atoms with van der Waals surface area (Å²) < 4.78 is 25.6. The third-order valence-electron chi connectivity index (χ3n) is 4.95. The van der Waals surface area contributed by atoms with Crippen LogP contribution >= 0.6 is 11.6 Å². The number of hydrogen-bond acceptors (Lipinski definition) is 7. The SMILES string of the molecule is Cc1nccc(Nc2cc(-c3cnc(Cl)c(S(=O)(=O)CC4CCC4)c3)ccn2)n1. The van der Waals surface area contributed by atoms with Gasteiger partial charge in [0.25, 0.3) is 0 Å². The van der Waals surface area contributed by atoms with Gasteiger partial charge in [0.15, 0.2) is 9.84 Å². The largest absolute Gasteiger partial charge is 0.325 e. The van der Waals surface area contributed by atoms with E-state index in [9.17, 15) is 8.42 Å². The molecule has 0 atom stereocenters. The molecule has 0 aliphatic heterocycles. The Morgan fingerprint density at radius 2 is 1.86 bits per heavy atom. The van der Waals surface area contributed by atoms with E-state index < -0.39 is 9.84 Å². The van der Waals surface area contributed by atoms with Gasteiger partial charge in [-0.25, -0.2) is 28.4 Å². The predicted molar refractivity (Wildman–Crippen MR) is 112 cm³/mol. The molecule has 1 fully saturated rings. The van der Waals surface area contributed by atoms with Crippen molar-refractivity contribution in [2.24, 2.45) is 5.92 Å². The molecule has 1 N–H and O–H groups in total. The lowest BCUT2D eigenvalue weighted by Crippen LogP contribution is -2.22. The van der Waals surface area contributed by atoms with Crippen LogP contribution in [0.15, 0.2) is 47.8 Å². The van der Waals surface area contributed by atoms with E-state index in [1.807, 2.05) is 6.07 Å². The van der Waals surface area contributed by atoms with Gasteiger partial charge < -0.3 is 5.32 Å². The first-order valence-electron chi connectivity index (χ1n) is 9.32. The second-order valence-corrected chi connectivity index (χ2v) is 9.50. The number of aromatic nitrogens is 4. The van der Waals surface area contributed by atoms with E-state index in [1.54, 1.807) is 43.7 Å². The second-order valence-electron chi connectivity index (χ2n) is 7.14. The van der Waals surface area contributed by atoms with Gasteiger partial charge in [-0.05, 0) is 55.5 Å². The molecule has 150 valence electrons. The minimum Gasteiger partial charge on any atom is -0.325 e. The Bertz CT molecular complexity index is 1150. The summed E-state index contributed by atoms with van der Waals surface area (Å²) in [5.41, 5.74) is 1.43. The van der Waals surface area contributed by atoms with Crippen LogP contribution in [0.5, 0.6) is 0 Å². The van der Waals surface area contributed by atoms with Gasteiger partial charge in [-0.3, -0.25) is 0 Å². The fourth-order valence-electron chi connectivity index (χ4n) is 3.20. The van der Waals surface area contributed by atoms with Gasteiger partial charge in [-0.15, -0.1) is 0 Å². The summed E-state index contributed by atoms with van der Waals surface area (Å²) in [6, 6.07) is 6.95. The van der Waals surface area contributed by atoms with Crippen LogP contribution in [-0.4, -0.2) is 34.1 Å². The van der Waals surface area contributed by atoms with Gasteiger partial charge in [-0.2, -0.15) is 0 Å². The zero-order valence-corrected chi connectivity index (χ0v) is 17.4. The monoisotopic (exact) mass is 429 g/mol. The van der Waals surface area contributed by atoms with E-state index in [0.717, 1.165) is 24.8 Å². The molecule has 3 aromatic heterocycles. The average molecular weight is 430 g/mol. The van der Waals surface area contributed by atoms with Crippen LogP contribution in [0.4, 0.5) is 11.6 Å². The maximum Gasteiger partial charge on any atom is 0.181 e. The Hall–Kier alpha value is -2.58. The van der Waals surface area contributed by atoms with Crippen molar-refractivity contribution in [2.45, 2.75) is 31.1 Å². The van der Waals surface area contributed by atoms with Crippen molar-refractivity contribution in [3.63, 3.8) is 0 Å². The van der Waals surface area contributed by atoms with Gasteiger partial charge in [-0.1, -0.05) is 18.0 Å². The molecule has 29 heavy (non-hydrogen) atoms. The summed E-state index contributed by atoms with van der Waals surface area (Å²) >= 11 is 6.14. The summed E-state index contributed by atoms with van der Waals surface area (Å²) in [5, 5.41) is 3.14. The first-order chi connectivity index (χ1) is 13.9. The predicted octanol–water partition coefficient (Wildman–Crippen LogP) is 4.21. The van der Waals surface area contributed by atoms with Crippen molar-refractivity contribution in [2.75, 3.05) is 11.1 Å². The zero-order valence-electron chi connectivity index (χ0n) is 15.8. The lowest BCUT2D eigenvalue weighted by molar-refractivity contribution is 0.347. The molecule has 1 aliphatic carbocycles. The average Bonchev–Trinajstić information content (AvgIpc) is 2.65. The summed E-state index contributed by atoms with van der Waals surface area (Å²) in [5.74, 6) is 2.19. The number of sulfone groups is 1. The Morgan fingerprint density at radius 3 is 2.59 bits per heavy atom. The number of anilines is 2. The highest BCUT2D eigenvalue weighted by Crippen LogP contribution is 2.33. The van der Waals surface area contributed by atoms with Crippen molar-refractivity contribution >= 4 is 33.1 Å². The molecule has 0 radical (unpaired) electrons. The van der Waals surface area contributed by atoms with Crippen LogP contribution in [0.1, 0.15) is 25.1 Å². The zero-order chi connectivity index (χ0) is 20.4. The minimum atomic E-state index is -3.49. The lowest BCUT2D eigenvalue weighted by atomic mass is 9.87. The first kappa shape index (κ1) is 19.7. The number of hydrogen-bond donors (Lipinski definition) is 1. The standard InChI is InChI=1S/C20H20ClN5O2S/c1-13-22-8-6-18(25-13)26-19-10-15(5-7-23-19)16-9-17(20(21)24-11-16)29(27,28)12-14-3-2-4-14/h5-11,14H,2-4,12H2,1H3,(H,22,23,25,26). The second kappa shape index (κ2) is 8.04. The van der Waals surface area contributed by atoms with Crippen molar-refractivity contribution < 1.29 is 8.42 Å². The Morgan fingerprint density at radius 1 is 1.07 bits per heavy atom. The highest BCUT2D eigenvalue weighted by molar-refractivity contribution is 7.91. The summed E-state index contributed by atoms with van der Waals surface area (Å²) in [4.78, 5) is 16.9. The topological polar surface area (TPSA) is 97.7 Å². The van der Waals surface area contributed by atoms with E-state index in [4.69, 9.17) is 11.6 Å². The number of pyridine rings is 2. The number of rotatable bonds is 6. The molecule has 0 saturated heterocycles. The Balaban J connectivity index is 1.63. The molecule has 4 rings (SSSR count). The smallest absolute Gasteiger partial charge is 0.181 e. The number of nitrogens with one attached hydrogen (secondary N) is 1. The molecule has 0 unspecified atom stereocenters. The lowest BCUT2D eigenvalue weighted by Gasteiger charge is -2.25. The highest BCUT2D eigenvalue weighted by atomic mass is 35.5. The van der Waals surface area contributed by atoms with Crippen molar-refractivity contribution in [3.8, 4) is 11.1 Å². The van der Waals surface area contributed by atoms with E-state index in [1.165, 1.54) is 0 Å². The van der Waals surface area contributed by atoms with E-state index in [-0.39, 0.29) is 21.7 Å². The number of halogens is 1. The van der Waals surface area contributed by atoms with Crippen LogP contribution in [0, 0.1) is 12.8 Å². The van der Waals surface area contributed by atoms with Crippen LogP contribution in [0.25, 0.3) is 11.1 Å². The van der Waals surface area contributed by atoms with Gasteiger partial charge in [0.05, 0.1) is 5.75 Å². The number of aryl methyl sites for hydroxylation is 1. The third kappa shape index (κ3) is 4.54. The van der Waals surface area contributed by atoms with Crippen molar-refractivity contribution in [1.82, 2.24) is 19.9 Å². The molecule has 3 aromatic rings. The normalized spacial score (nSPS) is 14.4. The first-order valence-corrected chi connectivity index (χ1v) is 11.4. The molecule has 0 spiro atoms. The molecule has 0 aromatic carbocycles. The Labute approximate surface area is 174 Å². The molecule has 7 nitrogen and oxygen atoms in total. The van der Waals surface area contributed by atoms with Crippen LogP contribution in [-0.2, 0) is 9.84 Å². The maximum absolute atomic E-state index is 12.8. The summed E-state index contributed by atoms with van der Waals surface area (Å²) in [7, 11) is -3.49. The van der Waals surface area contributed by atoms with E-state index >= 15 is 0 Å². The Kier molecular flexibility index (Phi) is 5.47. The number of nitrogens with zero attached hydrogens (tertiary/aromatic N) is 4. The van der Waals surface area contributed by atoms with E-state index in [0.29, 0.717) is 23.0 Å². The molecule has 3 heterocycles. The van der Waals surface area contributed by atoms with Crippen molar-refractivity contribution in [1.29, 1.82) is 0 Å². The van der Waals surface area contributed by atoms with Gasteiger partial charge in [0.2, 0.25) is 0 Å². The van der Waals surface area contributed by atoms with Crippen LogP contribution < -0.4 is 5.32 Å². The van der Waals surface area contributed by atoms with Gasteiger partial charge >= 0.3 is 0 Å². The van der Waals surface area contributed by atoms with Crippen LogP contribution in [0.3, 0.4) is 0 Å². The highest BCUT2D eigenvalue weighted by Gasteiger charge is 2.28. The molecule has 0 amide bonds. The fraction of sp³-hybridized carbons (Fsp3) is 0.300. The minimum absolute atomic E-state index is 0.0111. The maximum atomic E-state index is 12.8. The third-order valence-corrected chi connectivity index (χ3v) is 7.25. The molecule has 9 heteroatoms. The van der Waals surface area contributed by atoms with Crippen LogP contribution in [0.2, 0.25) is 5.15 Å². The van der Waals surface area contributed by atoms with Gasteiger partial charge in [0, 0.05) is 24.2 Å².